The van der Waals surface area contributed by atoms with Crippen molar-refractivity contribution >= 4 is 31.6 Å². The molecule has 9 heteroatoms. The summed E-state index contributed by atoms with van der Waals surface area (Å²) in [5, 5.41) is 0.494. The third kappa shape index (κ3) is 6.68. The first-order valence-electron chi connectivity index (χ1n) is 7.79. The Morgan fingerprint density at radius 2 is 1.79 bits per heavy atom. The Balaban J connectivity index is 2.70. The average Bonchev–Trinajstić information content (AvgIpc) is 2.47. The number of unbranched alkanes of at least 4 members (excludes halogenated alkanes) is 2. The monoisotopic (exact) mass is 396 g/mol. The molecule has 0 aliphatic carbocycles. The van der Waals surface area contributed by atoms with Crippen LogP contribution in [0.4, 0.5) is 0 Å². The van der Waals surface area contributed by atoms with E-state index in [2.05, 4.69) is 4.72 Å². The number of nitrogens with one attached hydrogen (secondary N) is 1. The Kier molecular flexibility index (Phi) is 8.14. The maximum Gasteiger partial charge on any atom is 0.240 e. The minimum absolute atomic E-state index is 0.0171. The summed E-state index contributed by atoms with van der Waals surface area (Å²) in [5.74, 6) is 0. The summed E-state index contributed by atoms with van der Waals surface area (Å²) in [7, 11) is -7.06. The second-order valence-electron chi connectivity index (χ2n) is 5.68. The number of rotatable bonds is 10. The lowest BCUT2D eigenvalue weighted by Crippen LogP contribution is -2.38. The largest absolute Gasteiger partial charge is 0.240 e. The van der Waals surface area contributed by atoms with Crippen LogP contribution >= 0.6 is 11.6 Å². The van der Waals surface area contributed by atoms with Gasteiger partial charge in [0.2, 0.25) is 20.0 Å². The maximum absolute atomic E-state index is 12.3. The van der Waals surface area contributed by atoms with Crippen LogP contribution in [0.2, 0.25) is 5.02 Å². The summed E-state index contributed by atoms with van der Waals surface area (Å²) in [6, 6.07) is 4.44. The van der Waals surface area contributed by atoms with Gasteiger partial charge in [-0.1, -0.05) is 31.4 Å². The normalized spacial score (nSPS) is 12.7. The smallest absolute Gasteiger partial charge is 0.213 e. The fraction of sp³-hybridized carbons (Fsp3) is 0.600. The lowest BCUT2D eigenvalue weighted by molar-refractivity contribution is 0.405. The molecule has 6 nitrogen and oxygen atoms in total. The zero-order valence-electron chi connectivity index (χ0n) is 14.2. The summed E-state index contributed by atoms with van der Waals surface area (Å²) in [6.07, 6.45) is 3.81. The minimum atomic E-state index is -3.70. The second kappa shape index (κ2) is 9.15. The molecule has 1 aromatic rings. The molecule has 1 N–H and O–H groups in total. The van der Waals surface area contributed by atoms with Crippen molar-refractivity contribution in [1.82, 2.24) is 9.03 Å². The van der Waals surface area contributed by atoms with Crippen molar-refractivity contribution < 1.29 is 16.8 Å². The van der Waals surface area contributed by atoms with Gasteiger partial charge in [0.15, 0.2) is 0 Å². The van der Waals surface area contributed by atoms with Crippen LogP contribution in [-0.4, -0.2) is 47.0 Å². The van der Waals surface area contributed by atoms with E-state index in [4.69, 9.17) is 11.6 Å². The van der Waals surface area contributed by atoms with Crippen LogP contribution in [0.15, 0.2) is 23.1 Å². The van der Waals surface area contributed by atoms with Crippen molar-refractivity contribution in [3.05, 3.63) is 28.8 Å². The highest BCUT2D eigenvalue weighted by Crippen LogP contribution is 2.19. The quantitative estimate of drug-likeness (QED) is 0.615. The van der Waals surface area contributed by atoms with E-state index in [0.29, 0.717) is 17.1 Å². The van der Waals surface area contributed by atoms with Crippen LogP contribution in [0.1, 0.15) is 31.7 Å². The average molecular weight is 397 g/mol. The van der Waals surface area contributed by atoms with E-state index in [1.807, 2.05) is 6.92 Å². The van der Waals surface area contributed by atoms with Gasteiger partial charge in [0.05, 0.1) is 11.2 Å². The molecule has 1 aromatic carbocycles. The Labute approximate surface area is 150 Å². The van der Waals surface area contributed by atoms with E-state index >= 15 is 0 Å². The van der Waals surface area contributed by atoms with E-state index < -0.39 is 20.0 Å². The maximum atomic E-state index is 12.3. The van der Waals surface area contributed by atoms with Crippen LogP contribution in [0, 0.1) is 6.92 Å². The lowest BCUT2D eigenvalue weighted by atomic mass is 10.2. The molecular formula is C15H25ClN2O4S2. The van der Waals surface area contributed by atoms with Crippen molar-refractivity contribution in [1.29, 1.82) is 0 Å². The highest BCUT2D eigenvalue weighted by Gasteiger charge is 2.19. The van der Waals surface area contributed by atoms with Gasteiger partial charge >= 0.3 is 0 Å². The molecule has 0 atom stereocenters. The molecule has 0 fully saturated rings. The highest BCUT2D eigenvalue weighted by molar-refractivity contribution is 7.89. The number of benzene rings is 1. The van der Waals surface area contributed by atoms with Crippen LogP contribution in [-0.2, 0) is 20.0 Å². The van der Waals surface area contributed by atoms with Gasteiger partial charge in [-0.2, -0.15) is 0 Å². The SMILES string of the molecule is CCCCCN(CCNS(=O)(=O)c1ccc(Cl)c(C)c1)S(C)(=O)=O. The Morgan fingerprint density at radius 1 is 1.12 bits per heavy atom. The molecule has 0 amide bonds. The molecule has 0 saturated carbocycles. The van der Waals surface area contributed by atoms with Crippen LogP contribution in [0.3, 0.4) is 0 Å². The molecule has 0 radical (unpaired) electrons. The zero-order chi connectivity index (χ0) is 18.4. The molecule has 0 aliphatic rings. The summed E-state index contributed by atoms with van der Waals surface area (Å²) in [6.45, 7) is 4.28. The number of sulfonamides is 2. The van der Waals surface area contributed by atoms with Gasteiger partial charge < -0.3 is 0 Å². The molecule has 24 heavy (non-hydrogen) atoms. The molecule has 0 aliphatic heterocycles. The van der Waals surface area contributed by atoms with E-state index in [1.54, 1.807) is 6.92 Å². The van der Waals surface area contributed by atoms with Crippen LogP contribution < -0.4 is 4.72 Å². The van der Waals surface area contributed by atoms with Gasteiger partial charge in [-0.05, 0) is 37.1 Å². The molecule has 0 heterocycles. The van der Waals surface area contributed by atoms with Gasteiger partial charge in [-0.15, -0.1) is 0 Å². The molecular weight excluding hydrogens is 372 g/mol. The van der Waals surface area contributed by atoms with E-state index in [1.165, 1.54) is 22.5 Å². The van der Waals surface area contributed by atoms with Gasteiger partial charge in [0.1, 0.15) is 0 Å². The van der Waals surface area contributed by atoms with Crippen molar-refractivity contribution in [3.8, 4) is 0 Å². The first-order valence-corrected chi connectivity index (χ1v) is 11.5. The standard InChI is InChI=1S/C15H25ClN2O4S2/c1-4-5-6-10-18(23(3,19)20)11-9-17-24(21,22)14-7-8-15(16)13(2)12-14/h7-8,12,17H,4-6,9-11H2,1-3H3. The molecule has 0 saturated heterocycles. The van der Waals surface area contributed by atoms with Crippen molar-refractivity contribution in [3.63, 3.8) is 0 Å². The fourth-order valence-corrected chi connectivity index (χ4v) is 4.26. The summed E-state index contributed by atoms with van der Waals surface area (Å²) >= 11 is 5.90. The first kappa shape index (κ1) is 21.4. The Hall–Kier alpha value is -0.670. The number of hydrogen-bond acceptors (Lipinski definition) is 4. The minimum Gasteiger partial charge on any atom is -0.213 e. The summed E-state index contributed by atoms with van der Waals surface area (Å²) < 4.78 is 51.8. The molecule has 1 rings (SSSR count). The molecule has 0 unspecified atom stereocenters. The highest BCUT2D eigenvalue weighted by atomic mass is 35.5. The predicted molar refractivity (Wildman–Crippen MR) is 97.3 cm³/mol. The number of halogens is 1. The Morgan fingerprint density at radius 3 is 2.33 bits per heavy atom. The van der Waals surface area contributed by atoms with E-state index in [-0.39, 0.29) is 18.0 Å². The van der Waals surface area contributed by atoms with Crippen molar-refractivity contribution in [2.75, 3.05) is 25.9 Å². The van der Waals surface area contributed by atoms with Gasteiger partial charge in [0, 0.05) is 24.7 Å². The third-order valence-electron chi connectivity index (χ3n) is 3.57. The molecule has 0 bridgehead atoms. The zero-order valence-corrected chi connectivity index (χ0v) is 16.6. The van der Waals surface area contributed by atoms with Crippen molar-refractivity contribution in [2.45, 2.75) is 38.0 Å². The third-order valence-corrected chi connectivity index (χ3v) is 6.76. The number of aryl methyl sites for hydroxylation is 1. The molecule has 138 valence electrons. The Bertz CT molecular complexity index is 749. The lowest BCUT2D eigenvalue weighted by Gasteiger charge is -2.20. The van der Waals surface area contributed by atoms with E-state index in [9.17, 15) is 16.8 Å². The molecule has 0 spiro atoms. The van der Waals surface area contributed by atoms with Gasteiger partial charge in [-0.3, -0.25) is 0 Å². The summed E-state index contributed by atoms with van der Waals surface area (Å²) in [5.41, 5.74) is 0.664. The van der Waals surface area contributed by atoms with Crippen LogP contribution in [0.25, 0.3) is 0 Å². The van der Waals surface area contributed by atoms with E-state index in [0.717, 1.165) is 25.5 Å². The number of hydrogen-bond donors (Lipinski definition) is 1. The predicted octanol–water partition coefficient (Wildman–Crippen LogP) is 2.38. The van der Waals surface area contributed by atoms with Crippen molar-refractivity contribution in [2.24, 2.45) is 0 Å². The van der Waals surface area contributed by atoms with Gasteiger partial charge in [-0.25, -0.2) is 25.9 Å². The number of nitrogens with zero attached hydrogens (tertiary/aromatic N) is 1. The second-order valence-corrected chi connectivity index (χ2v) is 9.83. The first-order chi connectivity index (χ1) is 11.1. The summed E-state index contributed by atoms with van der Waals surface area (Å²) in [4.78, 5) is 0.112. The topological polar surface area (TPSA) is 83.6 Å². The van der Waals surface area contributed by atoms with Crippen LogP contribution in [0.5, 0.6) is 0 Å². The van der Waals surface area contributed by atoms with Gasteiger partial charge in [0.25, 0.3) is 0 Å². The molecule has 0 aromatic heterocycles. The fourth-order valence-electron chi connectivity index (χ4n) is 2.15.